The lowest BCUT2D eigenvalue weighted by atomic mass is 10.1. The van der Waals surface area contributed by atoms with Crippen LogP contribution in [-0.4, -0.2) is 36.0 Å². The second kappa shape index (κ2) is 8.01. The molecule has 0 saturated carbocycles. The molecule has 2 aromatic heterocycles. The summed E-state index contributed by atoms with van der Waals surface area (Å²) in [5, 5.41) is 17.9. The van der Waals surface area contributed by atoms with Gasteiger partial charge in [-0.3, -0.25) is 0 Å². The molecule has 2 aromatic carbocycles. The van der Waals surface area contributed by atoms with Crippen molar-refractivity contribution < 1.29 is 9.90 Å². The van der Waals surface area contributed by atoms with Crippen molar-refractivity contribution in [2.45, 2.75) is 10.9 Å². The molecule has 138 valence electrons. The zero-order chi connectivity index (χ0) is 19.3. The van der Waals surface area contributed by atoms with Gasteiger partial charge in [-0.15, -0.1) is 5.10 Å². The lowest BCUT2D eigenvalue weighted by molar-refractivity contribution is 0.0689. The van der Waals surface area contributed by atoms with Crippen LogP contribution in [0, 0.1) is 0 Å². The van der Waals surface area contributed by atoms with E-state index in [1.165, 1.54) is 11.8 Å². The lowest BCUT2D eigenvalue weighted by Crippen LogP contribution is -2.06. The number of hydrogen-bond donors (Lipinski definition) is 1. The molecule has 0 unspecified atom stereocenters. The SMILES string of the molecule is O=C(O)c1nnn(-c2ccc(-c3ccccc3)cc2)c1CSc1ncccn1. The fourth-order valence-electron chi connectivity index (χ4n) is 2.72. The van der Waals surface area contributed by atoms with Gasteiger partial charge in [0, 0.05) is 18.1 Å². The largest absolute Gasteiger partial charge is 0.476 e. The second-order valence-corrected chi connectivity index (χ2v) is 6.78. The Bertz CT molecular complexity index is 1080. The molecular formula is C20H15N5O2S. The number of carboxylic acids is 1. The Hall–Kier alpha value is -3.52. The van der Waals surface area contributed by atoms with Crippen molar-refractivity contribution in [1.29, 1.82) is 0 Å². The average molecular weight is 389 g/mol. The van der Waals surface area contributed by atoms with E-state index in [0.717, 1.165) is 16.8 Å². The number of aromatic nitrogens is 5. The molecule has 0 aliphatic heterocycles. The van der Waals surface area contributed by atoms with Crippen molar-refractivity contribution in [3.63, 3.8) is 0 Å². The first kappa shape index (κ1) is 17.9. The second-order valence-electron chi connectivity index (χ2n) is 5.83. The highest BCUT2D eigenvalue weighted by molar-refractivity contribution is 7.98. The number of hydrogen-bond acceptors (Lipinski definition) is 6. The van der Waals surface area contributed by atoms with Crippen LogP contribution < -0.4 is 0 Å². The van der Waals surface area contributed by atoms with Crippen molar-refractivity contribution in [2.75, 3.05) is 0 Å². The van der Waals surface area contributed by atoms with Gasteiger partial charge in [-0.1, -0.05) is 59.4 Å². The van der Waals surface area contributed by atoms with E-state index < -0.39 is 5.97 Å². The van der Waals surface area contributed by atoms with E-state index in [2.05, 4.69) is 20.3 Å². The third-order valence-electron chi connectivity index (χ3n) is 4.06. The summed E-state index contributed by atoms with van der Waals surface area (Å²) in [6.07, 6.45) is 3.29. The van der Waals surface area contributed by atoms with E-state index >= 15 is 0 Å². The molecule has 28 heavy (non-hydrogen) atoms. The zero-order valence-corrected chi connectivity index (χ0v) is 15.5. The highest BCUT2D eigenvalue weighted by atomic mass is 32.2. The van der Waals surface area contributed by atoms with Crippen LogP contribution in [0.5, 0.6) is 0 Å². The van der Waals surface area contributed by atoms with E-state index in [9.17, 15) is 9.90 Å². The predicted molar refractivity (Wildman–Crippen MR) is 105 cm³/mol. The number of aromatic carboxylic acids is 1. The minimum Gasteiger partial charge on any atom is -0.476 e. The Balaban J connectivity index is 1.64. The van der Waals surface area contributed by atoms with Crippen LogP contribution in [0.1, 0.15) is 16.2 Å². The predicted octanol–water partition coefficient (Wildman–Crippen LogP) is 3.71. The monoisotopic (exact) mass is 389 g/mol. The summed E-state index contributed by atoms with van der Waals surface area (Å²) in [7, 11) is 0. The van der Waals surface area contributed by atoms with Crippen LogP contribution in [0.2, 0.25) is 0 Å². The van der Waals surface area contributed by atoms with Crippen LogP contribution >= 0.6 is 11.8 Å². The van der Waals surface area contributed by atoms with Crippen molar-refractivity contribution in [1.82, 2.24) is 25.0 Å². The quantitative estimate of drug-likeness (QED) is 0.397. The van der Waals surface area contributed by atoms with Crippen LogP contribution in [0.4, 0.5) is 0 Å². The first-order valence-electron chi connectivity index (χ1n) is 8.46. The van der Waals surface area contributed by atoms with E-state index in [1.807, 2.05) is 54.6 Å². The van der Waals surface area contributed by atoms with Crippen LogP contribution in [0.3, 0.4) is 0 Å². The normalized spacial score (nSPS) is 10.7. The van der Waals surface area contributed by atoms with Gasteiger partial charge in [0.2, 0.25) is 0 Å². The zero-order valence-electron chi connectivity index (χ0n) is 14.6. The number of carboxylic acid groups (broad SMARTS) is 1. The van der Waals surface area contributed by atoms with Crippen molar-refractivity contribution in [2.24, 2.45) is 0 Å². The molecule has 4 aromatic rings. The Labute approximate surface area is 165 Å². The van der Waals surface area contributed by atoms with E-state index in [1.54, 1.807) is 23.1 Å². The van der Waals surface area contributed by atoms with Crippen molar-refractivity contribution in [3.05, 3.63) is 84.4 Å². The third-order valence-corrected chi connectivity index (χ3v) is 4.95. The molecule has 0 radical (unpaired) electrons. The summed E-state index contributed by atoms with van der Waals surface area (Å²) in [6, 6.07) is 19.5. The summed E-state index contributed by atoms with van der Waals surface area (Å²) in [5.41, 5.74) is 3.32. The third kappa shape index (κ3) is 3.77. The molecule has 0 atom stereocenters. The first-order chi connectivity index (χ1) is 13.7. The molecular weight excluding hydrogens is 374 g/mol. The summed E-state index contributed by atoms with van der Waals surface area (Å²) in [4.78, 5) is 19.9. The van der Waals surface area contributed by atoms with Gasteiger partial charge in [0.1, 0.15) is 0 Å². The minimum absolute atomic E-state index is 0.0735. The molecule has 0 amide bonds. The fourth-order valence-corrected chi connectivity index (χ4v) is 3.52. The Morgan fingerprint density at radius 3 is 2.29 bits per heavy atom. The number of rotatable bonds is 6. The maximum absolute atomic E-state index is 11.6. The topological polar surface area (TPSA) is 93.8 Å². The summed E-state index contributed by atoms with van der Waals surface area (Å²) < 4.78 is 1.55. The van der Waals surface area contributed by atoms with Gasteiger partial charge in [-0.2, -0.15) is 0 Å². The molecule has 8 heteroatoms. The van der Waals surface area contributed by atoms with E-state index in [0.29, 0.717) is 16.6 Å². The standard InChI is InChI=1S/C20H15N5O2S/c26-19(27)18-17(13-28-20-21-11-4-12-22-20)25(24-23-18)16-9-7-15(8-10-16)14-5-2-1-3-6-14/h1-12H,13H2,(H,26,27). The van der Waals surface area contributed by atoms with Gasteiger partial charge in [0.15, 0.2) is 10.9 Å². The molecule has 0 aliphatic carbocycles. The Kier molecular flexibility index (Phi) is 5.11. The molecule has 2 heterocycles. The van der Waals surface area contributed by atoms with Crippen molar-refractivity contribution in [3.8, 4) is 16.8 Å². The lowest BCUT2D eigenvalue weighted by Gasteiger charge is -2.08. The number of carbonyl (C=O) groups is 1. The number of nitrogens with zero attached hydrogens (tertiary/aromatic N) is 5. The first-order valence-corrected chi connectivity index (χ1v) is 9.44. The van der Waals surface area contributed by atoms with Gasteiger partial charge >= 0.3 is 5.97 Å². The van der Waals surface area contributed by atoms with E-state index in [-0.39, 0.29) is 5.69 Å². The summed E-state index contributed by atoms with van der Waals surface area (Å²) in [5.74, 6) is -0.782. The number of thioether (sulfide) groups is 1. The number of benzene rings is 2. The Morgan fingerprint density at radius 2 is 1.61 bits per heavy atom. The van der Waals surface area contributed by atoms with E-state index in [4.69, 9.17) is 0 Å². The van der Waals surface area contributed by atoms with Gasteiger partial charge < -0.3 is 5.11 Å². The van der Waals surface area contributed by atoms with Crippen LogP contribution in [-0.2, 0) is 5.75 Å². The van der Waals surface area contributed by atoms with Crippen LogP contribution in [0.25, 0.3) is 16.8 Å². The minimum atomic E-state index is -1.11. The fraction of sp³-hybridized carbons (Fsp3) is 0.0500. The van der Waals surface area contributed by atoms with Gasteiger partial charge in [0.05, 0.1) is 11.4 Å². The molecule has 0 saturated heterocycles. The highest BCUT2D eigenvalue weighted by Crippen LogP contribution is 2.25. The van der Waals surface area contributed by atoms with Gasteiger partial charge in [-0.05, 0) is 29.3 Å². The maximum atomic E-state index is 11.6. The molecule has 4 rings (SSSR count). The van der Waals surface area contributed by atoms with Gasteiger partial charge in [0.25, 0.3) is 0 Å². The van der Waals surface area contributed by atoms with Crippen LogP contribution in [0.15, 0.2) is 78.2 Å². The molecule has 0 bridgehead atoms. The smallest absolute Gasteiger partial charge is 0.358 e. The molecule has 1 N–H and O–H groups in total. The average Bonchev–Trinajstić information content (AvgIpc) is 3.18. The molecule has 7 nitrogen and oxygen atoms in total. The summed E-state index contributed by atoms with van der Waals surface area (Å²) >= 11 is 1.33. The van der Waals surface area contributed by atoms with Crippen molar-refractivity contribution >= 4 is 17.7 Å². The molecule has 0 fully saturated rings. The summed E-state index contributed by atoms with van der Waals surface area (Å²) in [6.45, 7) is 0. The Morgan fingerprint density at radius 1 is 0.929 bits per heavy atom. The highest BCUT2D eigenvalue weighted by Gasteiger charge is 2.20. The molecule has 0 aliphatic rings. The van der Waals surface area contributed by atoms with Gasteiger partial charge in [-0.25, -0.2) is 19.4 Å². The maximum Gasteiger partial charge on any atom is 0.358 e. The molecule has 0 spiro atoms.